The minimum Gasteiger partial charge on any atom is -0.344 e. The van der Waals surface area contributed by atoms with E-state index in [1.165, 1.54) is 12.8 Å². The summed E-state index contributed by atoms with van der Waals surface area (Å²) in [5.41, 5.74) is 1.40. The highest BCUT2D eigenvalue weighted by atomic mass is 79.9. The molecule has 17 heavy (non-hydrogen) atoms. The van der Waals surface area contributed by atoms with Crippen molar-refractivity contribution in [1.29, 1.82) is 0 Å². The summed E-state index contributed by atoms with van der Waals surface area (Å²) in [7, 11) is 0. The van der Waals surface area contributed by atoms with Gasteiger partial charge >= 0.3 is 0 Å². The topological polar surface area (TPSA) is 42.0 Å². The van der Waals surface area contributed by atoms with Crippen LogP contribution in [0, 0.1) is 6.92 Å². The summed E-state index contributed by atoms with van der Waals surface area (Å²) in [5.74, 6) is -0.0514. The van der Waals surface area contributed by atoms with Crippen LogP contribution in [0.2, 0.25) is 0 Å². The molecule has 0 saturated heterocycles. The summed E-state index contributed by atoms with van der Waals surface area (Å²) in [6, 6.07) is 3.76. The predicted molar refractivity (Wildman–Crippen MR) is 71.4 cm³/mol. The van der Waals surface area contributed by atoms with E-state index in [1.807, 2.05) is 19.1 Å². The number of hydrogen-bond acceptors (Lipinski definition) is 2. The van der Waals surface area contributed by atoms with Crippen molar-refractivity contribution in [3.63, 3.8) is 0 Å². The minimum atomic E-state index is -0.0684. The Morgan fingerprint density at radius 3 is 2.82 bits per heavy atom. The van der Waals surface area contributed by atoms with E-state index in [2.05, 4.69) is 26.2 Å². The molecule has 0 aliphatic heterocycles. The highest BCUT2D eigenvalue weighted by Gasteiger charge is 2.34. The molecule has 1 aliphatic carbocycles. The van der Waals surface area contributed by atoms with Crippen LogP contribution in [-0.4, -0.2) is 21.8 Å². The van der Waals surface area contributed by atoms with Crippen molar-refractivity contribution in [2.75, 3.05) is 5.33 Å². The first-order valence-electron chi connectivity index (χ1n) is 5.97. The molecule has 1 aromatic rings. The van der Waals surface area contributed by atoms with E-state index in [1.54, 1.807) is 6.20 Å². The van der Waals surface area contributed by atoms with E-state index in [-0.39, 0.29) is 11.4 Å². The molecule has 0 atom stereocenters. The maximum atomic E-state index is 12.2. The Labute approximate surface area is 110 Å². The maximum Gasteiger partial charge on any atom is 0.270 e. The molecule has 1 aromatic heterocycles. The van der Waals surface area contributed by atoms with Gasteiger partial charge in [-0.1, -0.05) is 34.8 Å². The van der Waals surface area contributed by atoms with Crippen LogP contribution in [0.5, 0.6) is 0 Å². The minimum absolute atomic E-state index is 0.0514. The molecule has 0 spiro atoms. The fourth-order valence-electron chi connectivity index (χ4n) is 2.37. The third-order valence-corrected chi connectivity index (χ3v) is 4.49. The Bertz CT molecular complexity index is 414. The standard InChI is InChI=1S/C13H17BrN2O/c1-10-5-4-8-15-11(10)12(17)16-13(9-14)6-2-3-7-13/h4-5,8H,2-3,6-7,9H2,1H3,(H,16,17). The van der Waals surface area contributed by atoms with E-state index < -0.39 is 0 Å². The second kappa shape index (κ2) is 5.17. The van der Waals surface area contributed by atoms with Crippen LogP contribution in [0.25, 0.3) is 0 Å². The highest BCUT2D eigenvalue weighted by Crippen LogP contribution is 2.31. The van der Waals surface area contributed by atoms with Crippen LogP contribution in [-0.2, 0) is 0 Å². The molecule has 0 bridgehead atoms. The Morgan fingerprint density at radius 2 is 2.24 bits per heavy atom. The van der Waals surface area contributed by atoms with Crippen molar-refractivity contribution in [3.8, 4) is 0 Å². The van der Waals surface area contributed by atoms with E-state index in [0.717, 1.165) is 23.7 Å². The number of aromatic nitrogens is 1. The van der Waals surface area contributed by atoms with Crippen molar-refractivity contribution in [3.05, 3.63) is 29.6 Å². The SMILES string of the molecule is Cc1cccnc1C(=O)NC1(CBr)CCCC1. The third-order valence-electron chi connectivity index (χ3n) is 3.42. The molecule has 92 valence electrons. The average Bonchev–Trinajstić information content (AvgIpc) is 2.79. The lowest BCUT2D eigenvalue weighted by Gasteiger charge is -2.28. The van der Waals surface area contributed by atoms with Gasteiger partial charge in [-0.05, 0) is 31.4 Å². The number of pyridine rings is 1. The number of carbonyl (C=O) groups is 1. The number of amides is 1. The lowest BCUT2D eigenvalue weighted by atomic mass is 10.00. The number of alkyl halides is 1. The van der Waals surface area contributed by atoms with Crippen molar-refractivity contribution < 1.29 is 4.79 Å². The molecule has 1 aliphatic rings. The molecule has 1 fully saturated rings. The molecule has 4 heteroatoms. The van der Waals surface area contributed by atoms with E-state index in [0.29, 0.717) is 5.69 Å². The summed E-state index contributed by atoms with van der Waals surface area (Å²) in [4.78, 5) is 16.3. The summed E-state index contributed by atoms with van der Waals surface area (Å²) in [6.07, 6.45) is 6.14. The first-order chi connectivity index (χ1) is 8.17. The van der Waals surface area contributed by atoms with Crippen LogP contribution in [0.3, 0.4) is 0 Å². The molecule has 3 nitrogen and oxygen atoms in total. The zero-order valence-corrected chi connectivity index (χ0v) is 11.6. The molecule has 0 radical (unpaired) electrons. The normalized spacial score (nSPS) is 18.0. The number of nitrogens with one attached hydrogen (secondary N) is 1. The quantitative estimate of drug-likeness (QED) is 0.872. The van der Waals surface area contributed by atoms with Gasteiger partial charge in [0.2, 0.25) is 0 Å². The Kier molecular flexibility index (Phi) is 3.82. The molecular weight excluding hydrogens is 280 g/mol. The van der Waals surface area contributed by atoms with Gasteiger partial charge in [-0.25, -0.2) is 0 Å². The van der Waals surface area contributed by atoms with Crippen LogP contribution in [0.4, 0.5) is 0 Å². The van der Waals surface area contributed by atoms with Gasteiger partial charge in [0.1, 0.15) is 5.69 Å². The number of nitrogens with zero attached hydrogens (tertiary/aromatic N) is 1. The van der Waals surface area contributed by atoms with Gasteiger partial charge in [-0.15, -0.1) is 0 Å². The fourth-order valence-corrected chi connectivity index (χ4v) is 3.07. The second-order valence-corrected chi connectivity index (χ2v) is 5.30. The van der Waals surface area contributed by atoms with E-state index in [9.17, 15) is 4.79 Å². The summed E-state index contributed by atoms with van der Waals surface area (Å²) >= 11 is 3.52. The average molecular weight is 297 g/mol. The zero-order valence-electron chi connectivity index (χ0n) is 10.0. The number of aryl methyl sites for hydroxylation is 1. The summed E-state index contributed by atoms with van der Waals surface area (Å²) in [5, 5.41) is 3.97. The molecule has 1 amide bonds. The third kappa shape index (κ3) is 2.68. The van der Waals surface area contributed by atoms with Crippen molar-refractivity contribution in [2.24, 2.45) is 0 Å². The molecule has 0 aromatic carbocycles. The van der Waals surface area contributed by atoms with Crippen molar-refractivity contribution >= 4 is 21.8 Å². The van der Waals surface area contributed by atoms with Gasteiger partial charge in [0.25, 0.3) is 5.91 Å². The zero-order chi connectivity index (χ0) is 12.3. The number of rotatable bonds is 3. The summed E-state index contributed by atoms with van der Waals surface area (Å²) < 4.78 is 0. The van der Waals surface area contributed by atoms with Gasteiger partial charge in [-0.2, -0.15) is 0 Å². The lowest BCUT2D eigenvalue weighted by Crippen LogP contribution is -2.48. The van der Waals surface area contributed by atoms with Crippen molar-refractivity contribution in [2.45, 2.75) is 38.1 Å². The molecule has 0 unspecified atom stereocenters. The molecular formula is C13H17BrN2O. The fraction of sp³-hybridized carbons (Fsp3) is 0.538. The number of hydrogen-bond donors (Lipinski definition) is 1. The van der Waals surface area contributed by atoms with Crippen LogP contribution >= 0.6 is 15.9 Å². The monoisotopic (exact) mass is 296 g/mol. The smallest absolute Gasteiger partial charge is 0.270 e. The second-order valence-electron chi connectivity index (χ2n) is 4.74. The van der Waals surface area contributed by atoms with E-state index >= 15 is 0 Å². The Balaban J connectivity index is 2.14. The maximum absolute atomic E-state index is 12.2. The van der Waals surface area contributed by atoms with Gasteiger partial charge in [0.15, 0.2) is 0 Å². The van der Waals surface area contributed by atoms with Crippen LogP contribution in [0.15, 0.2) is 18.3 Å². The Morgan fingerprint density at radius 1 is 1.53 bits per heavy atom. The van der Waals surface area contributed by atoms with Crippen LogP contribution < -0.4 is 5.32 Å². The predicted octanol–water partition coefficient (Wildman–Crippen LogP) is 2.83. The van der Waals surface area contributed by atoms with Gasteiger partial charge in [0.05, 0.1) is 5.54 Å². The first-order valence-corrected chi connectivity index (χ1v) is 7.09. The molecule has 1 saturated carbocycles. The lowest BCUT2D eigenvalue weighted by molar-refractivity contribution is 0.0904. The van der Waals surface area contributed by atoms with E-state index in [4.69, 9.17) is 0 Å². The van der Waals surface area contributed by atoms with Gasteiger partial charge < -0.3 is 5.32 Å². The summed E-state index contributed by atoms with van der Waals surface area (Å²) in [6.45, 7) is 1.91. The number of halogens is 1. The molecule has 1 heterocycles. The first kappa shape index (κ1) is 12.6. The largest absolute Gasteiger partial charge is 0.344 e. The van der Waals surface area contributed by atoms with Gasteiger partial charge in [-0.3, -0.25) is 9.78 Å². The Hall–Kier alpha value is -0.900. The molecule has 1 N–H and O–H groups in total. The highest BCUT2D eigenvalue weighted by molar-refractivity contribution is 9.09. The molecule has 2 rings (SSSR count). The van der Waals surface area contributed by atoms with Crippen molar-refractivity contribution in [1.82, 2.24) is 10.3 Å². The van der Waals surface area contributed by atoms with Crippen LogP contribution in [0.1, 0.15) is 41.7 Å². The van der Waals surface area contributed by atoms with Gasteiger partial charge in [0, 0.05) is 11.5 Å². The number of carbonyl (C=O) groups excluding carboxylic acids is 1.